The number of aromatic amines is 2. The Kier molecular flexibility index (Phi) is 33.3. The van der Waals surface area contributed by atoms with Crippen LogP contribution in [0.4, 0.5) is 0 Å². The molecule has 2 aromatic rings. The lowest BCUT2D eigenvalue weighted by atomic mass is 9.95. The first-order chi connectivity index (χ1) is 34.6. The Labute approximate surface area is 493 Å². The Morgan fingerprint density at radius 3 is 1.30 bits per heavy atom. The van der Waals surface area contributed by atoms with Gasteiger partial charge in [0.15, 0.2) is 11.6 Å². The van der Waals surface area contributed by atoms with E-state index in [1.54, 1.807) is 23.7 Å². The summed E-state index contributed by atoms with van der Waals surface area (Å²) in [5.41, 5.74) is 10.6. The first-order valence-corrected chi connectivity index (χ1v) is 26.9. The number of nitrogens with zero attached hydrogens (tertiary/aromatic N) is 9. The number of hydroxylamine groups is 2. The van der Waals surface area contributed by atoms with Crippen LogP contribution in [0.15, 0.2) is 91.3 Å². The van der Waals surface area contributed by atoms with Crippen molar-refractivity contribution >= 4 is 68.9 Å². The number of nitrogens with one attached hydrogen (secondary N) is 7. The number of amidine groups is 1. The zero-order valence-electron chi connectivity index (χ0n) is 50.7. The molecule has 80 heavy (non-hydrogen) atoms. The van der Waals surface area contributed by atoms with E-state index in [-0.39, 0.29) is 76.4 Å². The van der Waals surface area contributed by atoms with Gasteiger partial charge in [-0.25, -0.2) is 21.4 Å². The van der Waals surface area contributed by atoms with Crippen LogP contribution >= 0.6 is 35.2 Å². The van der Waals surface area contributed by atoms with Gasteiger partial charge in [0.25, 0.3) is 0 Å². The maximum atomic E-state index is 10.6. The van der Waals surface area contributed by atoms with Gasteiger partial charge in [0.05, 0.1) is 17.6 Å². The van der Waals surface area contributed by atoms with Crippen LogP contribution in [0.25, 0.3) is 0 Å². The van der Waals surface area contributed by atoms with Crippen molar-refractivity contribution in [3.63, 3.8) is 0 Å². The number of thioether (sulfide) groups is 1. The highest BCUT2D eigenvalue weighted by Gasteiger charge is 2.28. The van der Waals surface area contributed by atoms with Crippen LogP contribution in [0.3, 0.4) is 0 Å². The van der Waals surface area contributed by atoms with E-state index in [0.29, 0.717) is 29.4 Å². The van der Waals surface area contributed by atoms with E-state index in [2.05, 4.69) is 182 Å². The van der Waals surface area contributed by atoms with Crippen molar-refractivity contribution in [2.45, 2.75) is 199 Å². The molecule has 25 heteroatoms. The Hall–Kier alpha value is -5.95. The number of ether oxygens (including phenoxy) is 2. The SMILES string of the molecule is C.C.C.C=C1N=C(C(C)(C)C)NO1.C=C1N=C(C(C)(C)C)ON1.C=C1N=C(C(C)(C)C)SN1.C=C1NN=C(C(C)(C)C)O1.C=C1NN=C(C(C)(C)C)S1.CC(C)(C)c1nn[nH]n1.CC(C)(C)c1nsc(=O)[nH]1.COC(=O)C(C)(C)C. The molecule has 5 aliphatic heterocycles. The summed E-state index contributed by atoms with van der Waals surface area (Å²) in [6.07, 6.45) is 0. The molecule has 5 aliphatic rings. The number of rotatable bonds is 0. The van der Waals surface area contributed by atoms with E-state index in [9.17, 15) is 9.59 Å². The van der Waals surface area contributed by atoms with Gasteiger partial charge in [-0.3, -0.25) is 20.0 Å². The number of aromatic nitrogens is 6. The number of H-pyrrole nitrogens is 2. The van der Waals surface area contributed by atoms with E-state index in [1.807, 2.05) is 104 Å². The fraction of sp³-hybridized carbons (Fsp3) is 0.655. The van der Waals surface area contributed by atoms with Crippen LogP contribution in [-0.4, -0.2) is 70.8 Å². The van der Waals surface area contributed by atoms with Crippen LogP contribution < -0.4 is 31.4 Å². The van der Waals surface area contributed by atoms with Crippen LogP contribution in [0.2, 0.25) is 0 Å². The van der Waals surface area contributed by atoms with Gasteiger partial charge >= 0.3 is 10.8 Å². The Balaban J connectivity index is -0.000000411. The largest absolute Gasteiger partial charge is 0.469 e. The average molecular weight is 1180 g/mol. The van der Waals surface area contributed by atoms with Crippen LogP contribution in [-0.2, 0) is 34.8 Å². The molecule has 458 valence electrons. The zero-order chi connectivity index (χ0) is 60.3. The van der Waals surface area contributed by atoms with Crippen molar-refractivity contribution in [3.8, 4) is 0 Å². The third-order valence-corrected chi connectivity index (χ3v) is 11.8. The highest BCUT2D eigenvalue weighted by molar-refractivity contribution is 8.17. The quantitative estimate of drug-likeness (QED) is 0.0954. The molecule has 0 amide bonds. The summed E-state index contributed by atoms with van der Waals surface area (Å²) in [6, 6.07) is 0. The third-order valence-electron chi connectivity index (χ3n) is 8.75. The van der Waals surface area contributed by atoms with Gasteiger partial charge in [0.2, 0.25) is 23.6 Å². The average Bonchev–Trinajstić information content (AvgIpc) is 4.10. The highest BCUT2D eigenvalue weighted by Crippen LogP contribution is 2.31. The molecule has 0 fully saturated rings. The van der Waals surface area contributed by atoms with Gasteiger partial charge < -0.3 is 23.9 Å². The number of hydrogen-bond acceptors (Lipinski definition) is 23. The molecule has 0 aliphatic carbocycles. The van der Waals surface area contributed by atoms with E-state index >= 15 is 0 Å². The molecule has 0 atom stereocenters. The Morgan fingerprint density at radius 2 is 1.12 bits per heavy atom. The van der Waals surface area contributed by atoms with Gasteiger partial charge in [0, 0.05) is 61.4 Å². The molecule has 7 rings (SSSR count). The minimum absolute atomic E-state index is 0. The highest BCUT2D eigenvalue weighted by atomic mass is 32.2. The summed E-state index contributed by atoms with van der Waals surface area (Å²) < 4.78 is 16.6. The van der Waals surface area contributed by atoms with Crippen LogP contribution in [0.1, 0.15) is 200 Å². The smallest absolute Gasteiger partial charge is 0.323 e. The van der Waals surface area contributed by atoms with Crippen molar-refractivity contribution in [2.75, 3.05) is 7.11 Å². The molecule has 0 spiro atoms. The van der Waals surface area contributed by atoms with Crippen molar-refractivity contribution in [3.05, 3.63) is 82.6 Å². The molecule has 0 saturated heterocycles. The second-order valence-electron chi connectivity index (χ2n) is 25.5. The third kappa shape index (κ3) is 33.0. The number of hydrazone groups is 2. The number of hydrogen-bond donors (Lipinski definition) is 7. The van der Waals surface area contributed by atoms with Crippen molar-refractivity contribution in [1.82, 2.24) is 56.5 Å². The second kappa shape index (κ2) is 33.1. The first kappa shape index (κ1) is 80.5. The second-order valence-corrected chi connectivity index (χ2v) is 28.1. The lowest BCUT2D eigenvalue weighted by Gasteiger charge is -2.16. The number of aliphatic imine (C=N–C) groups is 3. The van der Waals surface area contributed by atoms with Crippen LogP contribution in [0, 0.1) is 32.5 Å². The summed E-state index contributed by atoms with van der Waals surface area (Å²) >= 11 is 4.14. The van der Waals surface area contributed by atoms with Gasteiger partial charge in [-0.05, 0) is 33.9 Å². The van der Waals surface area contributed by atoms with Crippen molar-refractivity contribution < 1.29 is 23.9 Å². The zero-order valence-corrected chi connectivity index (χ0v) is 53.2. The summed E-state index contributed by atoms with van der Waals surface area (Å²) in [7, 11) is 1.40. The van der Waals surface area contributed by atoms with Gasteiger partial charge in [-0.2, -0.15) is 24.7 Å². The topological polar surface area (TPSA) is 276 Å². The number of carbonyl (C=O) groups excluding carboxylic acids is 1. The van der Waals surface area contributed by atoms with Crippen molar-refractivity contribution in [2.24, 2.45) is 57.7 Å². The molecular weight excluding hydrogens is 1080 g/mol. The van der Waals surface area contributed by atoms with Gasteiger partial charge in [-0.15, -0.1) is 15.3 Å². The predicted molar refractivity (Wildman–Crippen MR) is 340 cm³/mol. The molecule has 7 N–H and O–H groups in total. The maximum Gasteiger partial charge on any atom is 0.323 e. The fourth-order valence-corrected chi connectivity index (χ4v) is 6.40. The summed E-state index contributed by atoms with van der Waals surface area (Å²) in [4.78, 5) is 46.0. The summed E-state index contributed by atoms with van der Waals surface area (Å²) in [5.74, 6) is 5.84. The van der Waals surface area contributed by atoms with E-state index in [0.717, 1.165) is 50.0 Å². The molecule has 0 unspecified atom stereocenters. The van der Waals surface area contributed by atoms with Gasteiger partial charge in [-0.1, -0.05) is 204 Å². The molecule has 0 saturated carbocycles. The predicted octanol–water partition coefficient (Wildman–Crippen LogP) is 13.4. The van der Waals surface area contributed by atoms with Crippen LogP contribution in [0.5, 0.6) is 0 Å². The molecule has 0 radical (unpaired) electrons. The molecule has 0 bridgehead atoms. The van der Waals surface area contributed by atoms with Crippen molar-refractivity contribution in [1.29, 1.82) is 0 Å². The number of carbonyl (C=O) groups is 1. The lowest BCUT2D eigenvalue weighted by Crippen LogP contribution is -2.30. The number of esters is 1. The Morgan fingerprint density at radius 1 is 0.588 bits per heavy atom. The maximum absolute atomic E-state index is 10.6. The fourth-order valence-electron chi connectivity index (χ4n) is 4.32. The summed E-state index contributed by atoms with van der Waals surface area (Å²) in [5, 5.41) is 24.7. The molecular formula is C55H104N16O6S3. The van der Waals surface area contributed by atoms with Gasteiger partial charge in [0.1, 0.15) is 27.6 Å². The first-order valence-electron chi connectivity index (χ1n) is 24.5. The summed E-state index contributed by atoms with van der Waals surface area (Å²) in [6.45, 7) is 67.0. The standard InChI is InChI=1S/3C7H12N2O.2C7H12N2S.C6H10N2OS.C6H12O2.C5H10N4.3CH4/c1-5-8-9-6(10-5)7(2,3)4;1-5-8-6(9-10-5)7(2,3)4;1-5-8-6(10-9-5)7(2,3)4;1-5-8-9-6(10-5)7(2,3)4;1-5-8-6(10-9-5)7(2,3)4;1-6(2,3)4-7-5(9)10-8-4;1-6(2,3)5(7)8-4;1-5(2,3)4-6-8-9-7-4;;;/h8H,1H2,2-4H3;1H2,2-4H3,(H,8,9);9H,1H2,2-4H3;8H,1H2,2-4H3;9H,1H2,2-4H3;1-3H3,(H,7,8,9);1-4H3;1-3H3,(H,6,7,8,9);3*1H4. The van der Waals surface area contributed by atoms with E-state index < -0.39 is 0 Å². The molecule has 2 aromatic heterocycles. The number of methoxy groups -OCH3 is 1. The minimum atomic E-state index is -0.352. The monoisotopic (exact) mass is 1180 g/mol. The molecule has 0 aromatic carbocycles. The van der Waals surface area contributed by atoms with E-state index in [4.69, 9.17) is 14.4 Å². The normalized spacial score (nSPS) is 15.3. The van der Waals surface area contributed by atoms with E-state index in [1.165, 1.54) is 7.11 Å². The molecule has 22 nitrogen and oxygen atoms in total. The minimum Gasteiger partial charge on any atom is -0.469 e. The number of tetrazole rings is 1. The molecule has 7 heterocycles. The lowest BCUT2D eigenvalue weighted by molar-refractivity contribution is -0.149. The Bertz CT molecular complexity index is 2370.